The minimum Gasteiger partial charge on any atom is -0.366 e. The largest absolute Gasteiger partial charge is 0.366 e. The highest BCUT2D eigenvalue weighted by Crippen LogP contribution is 2.19. The summed E-state index contributed by atoms with van der Waals surface area (Å²) >= 11 is 3.30. The molecule has 0 aromatic heterocycles. The second-order valence-corrected chi connectivity index (χ2v) is 5.45. The Hall–Kier alpha value is -2.21. The third-order valence-corrected chi connectivity index (χ3v) is 3.26. The van der Waals surface area contributed by atoms with Gasteiger partial charge in [-0.15, -0.1) is 0 Å². The lowest BCUT2D eigenvalue weighted by atomic mass is 10.1. The molecule has 2 aromatic carbocycles. The summed E-state index contributed by atoms with van der Waals surface area (Å²) in [6.07, 6.45) is 0. The van der Waals surface area contributed by atoms with Crippen LogP contribution >= 0.6 is 15.9 Å². The van der Waals surface area contributed by atoms with Gasteiger partial charge in [0.1, 0.15) is 5.82 Å². The SMILES string of the molecule is Cc1cc(Br)cc(C(=O)Nc2cc(C(N)=O)ccc2F)c1. The Bertz CT molecular complexity index is 711. The zero-order valence-electron chi connectivity index (χ0n) is 11.1. The van der Waals surface area contributed by atoms with E-state index in [1.54, 1.807) is 12.1 Å². The molecule has 6 heteroatoms. The van der Waals surface area contributed by atoms with Crippen LogP contribution < -0.4 is 11.1 Å². The minimum atomic E-state index is -0.691. The summed E-state index contributed by atoms with van der Waals surface area (Å²) in [7, 11) is 0. The zero-order chi connectivity index (χ0) is 15.6. The van der Waals surface area contributed by atoms with E-state index in [-0.39, 0.29) is 11.3 Å². The van der Waals surface area contributed by atoms with Crippen LogP contribution in [0.25, 0.3) is 0 Å². The highest BCUT2D eigenvalue weighted by Gasteiger charge is 2.12. The molecule has 2 aromatic rings. The Morgan fingerprint density at radius 1 is 1.14 bits per heavy atom. The summed E-state index contributed by atoms with van der Waals surface area (Å²) in [5.41, 5.74) is 6.44. The summed E-state index contributed by atoms with van der Waals surface area (Å²) in [4.78, 5) is 23.2. The maximum Gasteiger partial charge on any atom is 0.255 e. The molecule has 0 unspecified atom stereocenters. The van der Waals surface area contributed by atoms with Crippen molar-refractivity contribution in [2.24, 2.45) is 5.73 Å². The molecule has 0 saturated heterocycles. The van der Waals surface area contributed by atoms with E-state index in [1.165, 1.54) is 12.1 Å². The number of amides is 2. The van der Waals surface area contributed by atoms with Crippen molar-refractivity contribution < 1.29 is 14.0 Å². The minimum absolute atomic E-state index is 0.0890. The Morgan fingerprint density at radius 3 is 2.48 bits per heavy atom. The number of carbonyl (C=O) groups excluding carboxylic acids is 2. The third-order valence-electron chi connectivity index (χ3n) is 2.80. The molecule has 4 nitrogen and oxygen atoms in total. The number of hydrogen-bond acceptors (Lipinski definition) is 2. The zero-order valence-corrected chi connectivity index (χ0v) is 12.7. The fourth-order valence-electron chi connectivity index (χ4n) is 1.84. The predicted octanol–water partition coefficient (Wildman–Crippen LogP) is 3.25. The molecule has 21 heavy (non-hydrogen) atoms. The molecule has 0 aliphatic heterocycles. The highest BCUT2D eigenvalue weighted by atomic mass is 79.9. The van der Waals surface area contributed by atoms with Crippen molar-refractivity contribution in [3.63, 3.8) is 0 Å². The number of halogens is 2. The van der Waals surface area contributed by atoms with Gasteiger partial charge in [-0.1, -0.05) is 15.9 Å². The summed E-state index contributed by atoms with van der Waals surface area (Å²) in [6, 6.07) is 8.71. The predicted molar refractivity (Wildman–Crippen MR) is 81.8 cm³/mol. The quantitative estimate of drug-likeness (QED) is 0.891. The summed E-state index contributed by atoms with van der Waals surface area (Å²) in [5, 5.41) is 2.43. The average Bonchev–Trinajstić information content (AvgIpc) is 2.39. The maximum atomic E-state index is 13.7. The van der Waals surface area contributed by atoms with Crippen molar-refractivity contribution in [2.45, 2.75) is 6.92 Å². The first kappa shape index (κ1) is 15.2. The number of primary amides is 1. The second kappa shape index (κ2) is 6.05. The van der Waals surface area contributed by atoms with E-state index in [2.05, 4.69) is 21.2 Å². The number of anilines is 1. The standard InChI is InChI=1S/C15H12BrFN2O2/c1-8-4-10(6-11(16)5-8)15(21)19-13-7-9(14(18)20)2-3-12(13)17/h2-7H,1H3,(H2,18,20)(H,19,21). The summed E-state index contributed by atoms with van der Waals surface area (Å²) in [6.45, 7) is 1.84. The number of rotatable bonds is 3. The molecule has 108 valence electrons. The van der Waals surface area contributed by atoms with Crippen molar-refractivity contribution >= 4 is 33.4 Å². The molecule has 2 rings (SSSR count). The molecular weight excluding hydrogens is 339 g/mol. The molecule has 0 fully saturated rings. The van der Waals surface area contributed by atoms with E-state index >= 15 is 0 Å². The van der Waals surface area contributed by atoms with E-state index in [1.807, 2.05) is 13.0 Å². The molecule has 0 bridgehead atoms. The Morgan fingerprint density at radius 2 is 1.86 bits per heavy atom. The maximum absolute atomic E-state index is 13.7. The molecule has 0 aliphatic carbocycles. The van der Waals surface area contributed by atoms with Gasteiger partial charge in [0.15, 0.2) is 0 Å². The van der Waals surface area contributed by atoms with Crippen LogP contribution in [0.15, 0.2) is 40.9 Å². The highest BCUT2D eigenvalue weighted by molar-refractivity contribution is 9.10. The molecular formula is C15H12BrFN2O2. The molecule has 0 heterocycles. The van der Waals surface area contributed by atoms with Crippen molar-refractivity contribution in [2.75, 3.05) is 5.32 Å². The molecule has 0 aliphatic rings. The second-order valence-electron chi connectivity index (χ2n) is 4.53. The summed E-state index contributed by atoms with van der Waals surface area (Å²) in [5.74, 6) is -1.80. The van der Waals surface area contributed by atoms with Crippen LogP contribution in [0.4, 0.5) is 10.1 Å². The van der Waals surface area contributed by atoms with Gasteiger partial charge in [-0.25, -0.2) is 4.39 Å². The van der Waals surface area contributed by atoms with E-state index < -0.39 is 17.6 Å². The van der Waals surface area contributed by atoms with E-state index in [9.17, 15) is 14.0 Å². The topological polar surface area (TPSA) is 72.2 Å². The van der Waals surface area contributed by atoms with Crippen LogP contribution in [-0.4, -0.2) is 11.8 Å². The molecule has 2 amide bonds. The fraction of sp³-hybridized carbons (Fsp3) is 0.0667. The van der Waals surface area contributed by atoms with Crippen LogP contribution in [0.2, 0.25) is 0 Å². The van der Waals surface area contributed by atoms with Gasteiger partial charge < -0.3 is 11.1 Å². The Labute approximate surface area is 129 Å². The lowest BCUT2D eigenvalue weighted by molar-refractivity contribution is 0.0996. The Balaban J connectivity index is 2.31. The monoisotopic (exact) mass is 350 g/mol. The van der Waals surface area contributed by atoms with Gasteiger partial charge in [-0.2, -0.15) is 0 Å². The Kier molecular flexibility index (Phi) is 4.37. The first-order valence-corrected chi connectivity index (χ1v) is 6.84. The fourth-order valence-corrected chi connectivity index (χ4v) is 2.44. The van der Waals surface area contributed by atoms with Crippen LogP contribution in [-0.2, 0) is 0 Å². The van der Waals surface area contributed by atoms with Gasteiger partial charge in [0.2, 0.25) is 5.91 Å². The molecule has 0 radical (unpaired) electrons. The number of aryl methyl sites for hydroxylation is 1. The number of hydrogen-bond donors (Lipinski definition) is 2. The van der Waals surface area contributed by atoms with E-state index in [0.29, 0.717) is 5.56 Å². The average molecular weight is 351 g/mol. The number of benzene rings is 2. The van der Waals surface area contributed by atoms with Crippen molar-refractivity contribution in [3.8, 4) is 0 Å². The lowest BCUT2D eigenvalue weighted by Gasteiger charge is -2.08. The van der Waals surface area contributed by atoms with E-state index in [0.717, 1.165) is 16.1 Å². The third kappa shape index (κ3) is 3.66. The van der Waals surface area contributed by atoms with Gasteiger partial charge in [-0.05, 0) is 48.9 Å². The van der Waals surface area contributed by atoms with Crippen molar-refractivity contribution in [1.29, 1.82) is 0 Å². The van der Waals surface area contributed by atoms with Crippen LogP contribution in [0.1, 0.15) is 26.3 Å². The van der Waals surface area contributed by atoms with Gasteiger partial charge in [-0.3, -0.25) is 9.59 Å². The number of nitrogens with two attached hydrogens (primary N) is 1. The van der Waals surface area contributed by atoms with Gasteiger partial charge in [0.25, 0.3) is 5.91 Å². The van der Waals surface area contributed by atoms with E-state index in [4.69, 9.17) is 5.73 Å². The number of carbonyl (C=O) groups is 2. The molecule has 0 spiro atoms. The molecule has 0 atom stereocenters. The van der Waals surface area contributed by atoms with Crippen molar-refractivity contribution in [1.82, 2.24) is 0 Å². The smallest absolute Gasteiger partial charge is 0.255 e. The van der Waals surface area contributed by atoms with Gasteiger partial charge in [0.05, 0.1) is 5.69 Å². The van der Waals surface area contributed by atoms with Gasteiger partial charge >= 0.3 is 0 Å². The number of nitrogens with one attached hydrogen (secondary N) is 1. The lowest BCUT2D eigenvalue weighted by Crippen LogP contribution is -2.15. The van der Waals surface area contributed by atoms with Crippen LogP contribution in [0, 0.1) is 12.7 Å². The molecule has 3 N–H and O–H groups in total. The van der Waals surface area contributed by atoms with Crippen LogP contribution in [0.3, 0.4) is 0 Å². The van der Waals surface area contributed by atoms with Crippen LogP contribution in [0.5, 0.6) is 0 Å². The normalized spacial score (nSPS) is 10.2. The summed E-state index contributed by atoms with van der Waals surface area (Å²) < 4.78 is 14.4. The van der Waals surface area contributed by atoms with Gasteiger partial charge in [0, 0.05) is 15.6 Å². The molecule has 0 saturated carbocycles. The first-order valence-electron chi connectivity index (χ1n) is 6.04. The first-order chi connectivity index (χ1) is 9.86. The van der Waals surface area contributed by atoms with Crippen molar-refractivity contribution in [3.05, 3.63) is 63.4 Å².